The maximum Gasteiger partial charge on any atom is 0.191 e. The Balaban J connectivity index is 2.56. The Kier molecular flexibility index (Phi) is 7.30. The first-order valence-corrected chi connectivity index (χ1v) is 8.81. The summed E-state index contributed by atoms with van der Waals surface area (Å²) in [5.74, 6) is 2.54. The molecule has 2 atom stereocenters. The van der Waals surface area contributed by atoms with Crippen molar-refractivity contribution in [3.8, 4) is 0 Å². The number of methoxy groups -OCH3 is 1. The maximum atomic E-state index is 10.4. The molecule has 0 aliphatic carbocycles. The van der Waals surface area contributed by atoms with Crippen molar-refractivity contribution in [1.29, 1.82) is 0 Å². The van der Waals surface area contributed by atoms with Crippen LogP contribution in [0.4, 0.5) is 0 Å². The third-order valence-electron chi connectivity index (χ3n) is 3.66. The molecule has 0 aromatic carbocycles. The van der Waals surface area contributed by atoms with Crippen molar-refractivity contribution < 1.29 is 9.84 Å². The number of guanidine groups is 1. The lowest BCUT2D eigenvalue weighted by atomic mass is 9.89. The summed E-state index contributed by atoms with van der Waals surface area (Å²) in [7, 11) is 1.74. The first kappa shape index (κ1) is 18.6. The lowest BCUT2D eigenvalue weighted by Crippen LogP contribution is -2.46. The number of ether oxygens (including phenoxy) is 1. The fraction of sp³-hybridized carbons (Fsp3) is 0.933. The van der Waals surface area contributed by atoms with Gasteiger partial charge in [-0.05, 0) is 24.5 Å². The summed E-state index contributed by atoms with van der Waals surface area (Å²) in [4.78, 5) is 4.53. The molecule has 0 aromatic heterocycles. The van der Waals surface area contributed by atoms with Gasteiger partial charge in [-0.25, -0.2) is 0 Å². The minimum atomic E-state index is -0.641. The quantitative estimate of drug-likeness (QED) is 0.511. The van der Waals surface area contributed by atoms with Gasteiger partial charge in [0.1, 0.15) is 0 Å². The Labute approximate surface area is 133 Å². The van der Waals surface area contributed by atoms with Crippen LogP contribution in [0.5, 0.6) is 0 Å². The molecule has 124 valence electrons. The first-order valence-electron chi connectivity index (χ1n) is 7.66. The van der Waals surface area contributed by atoms with Gasteiger partial charge in [-0.2, -0.15) is 11.8 Å². The van der Waals surface area contributed by atoms with E-state index in [1.54, 1.807) is 18.9 Å². The molecule has 0 bridgehead atoms. The standard InChI is InChI=1S/C15H31N3O2S/c1-6-16-13(17-9-12(20-5)14(2,3)4)18-10-15(19)7-8-21-11-15/h12,19H,6-11H2,1-5H3,(H2,16,17,18). The third-order valence-corrected chi connectivity index (χ3v) is 4.90. The molecule has 5 nitrogen and oxygen atoms in total. The molecule has 1 fully saturated rings. The predicted octanol–water partition coefficient (Wildman–Crippen LogP) is 1.47. The van der Waals surface area contributed by atoms with Crippen molar-refractivity contribution in [2.24, 2.45) is 10.4 Å². The summed E-state index contributed by atoms with van der Waals surface area (Å²) in [6, 6.07) is 0. The summed E-state index contributed by atoms with van der Waals surface area (Å²) in [5, 5.41) is 16.9. The fourth-order valence-corrected chi connectivity index (χ4v) is 3.51. The Morgan fingerprint density at radius 3 is 2.62 bits per heavy atom. The van der Waals surface area contributed by atoms with E-state index >= 15 is 0 Å². The van der Waals surface area contributed by atoms with Gasteiger partial charge in [0.25, 0.3) is 0 Å². The van der Waals surface area contributed by atoms with Gasteiger partial charge >= 0.3 is 0 Å². The zero-order valence-corrected chi connectivity index (χ0v) is 14.8. The van der Waals surface area contributed by atoms with Gasteiger partial charge in [0.15, 0.2) is 5.96 Å². The maximum absolute atomic E-state index is 10.4. The molecule has 1 rings (SSSR count). The number of hydrogen-bond acceptors (Lipinski definition) is 4. The molecule has 1 heterocycles. The molecule has 1 aliphatic heterocycles. The predicted molar refractivity (Wildman–Crippen MR) is 91.1 cm³/mol. The van der Waals surface area contributed by atoms with Crippen LogP contribution in [0.2, 0.25) is 0 Å². The summed E-state index contributed by atoms with van der Waals surface area (Å²) in [5.41, 5.74) is -0.572. The summed E-state index contributed by atoms with van der Waals surface area (Å²) >= 11 is 1.79. The van der Waals surface area contributed by atoms with Gasteiger partial charge in [0.2, 0.25) is 0 Å². The normalized spacial score (nSPS) is 25.0. The van der Waals surface area contributed by atoms with E-state index in [4.69, 9.17) is 4.74 Å². The number of thioether (sulfide) groups is 1. The van der Waals surface area contributed by atoms with E-state index in [1.807, 2.05) is 6.92 Å². The molecular weight excluding hydrogens is 286 g/mol. The highest BCUT2D eigenvalue weighted by molar-refractivity contribution is 7.99. The lowest BCUT2D eigenvalue weighted by Gasteiger charge is -2.30. The van der Waals surface area contributed by atoms with Crippen LogP contribution in [0, 0.1) is 5.41 Å². The first-order chi connectivity index (χ1) is 9.80. The smallest absolute Gasteiger partial charge is 0.191 e. The highest BCUT2D eigenvalue weighted by Crippen LogP contribution is 2.27. The van der Waals surface area contributed by atoms with Gasteiger partial charge in [0, 0.05) is 26.0 Å². The fourth-order valence-electron chi connectivity index (χ4n) is 2.22. The largest absolute Gasteiger partial charge is 0.387 e. The summed E-state index contributed by atoms with van der Waals surface area (Å²) in [6.07, 6.45) is 0.926. The molecule has 0 saturated carbocycles. The monoisotopic (exact) mass is 317 g/mol. The van der Waals surface area contributed by atoms with E-state index in [2.05, 4.69) is 36.4 Å². The topological polar surface area (TPSA) is 65.9 Å². The van der Waals surface area contributed by atoms with Crippen LogP contribution in [-0.2, 0) is 4.74 Å². The molecule has 0 spiro atoms. The molecule has 3 N–H and O–H groups in total. The molecule has 2 unspecified atom stereocenters. The molecule has 6 heteroatoms. The van der Waals surface area contributed by atoms with E-state index in [-0.39, 0.29) is 11.5 Å². The number of rotatable bonds is 6. The number of nitrogens with zero attached hydrogens (tertiary/aromatic N) is 1. The summed E-state index contributed by atoms with van der Waals surface area (Å²) < 4.78 is 5.54. The average molecular weight is 317 g/mol. The van der Waals surface area contributed by atoms with Crippen LogP contribution in [0.25, 0.3) is 0 Å². The van der Waals surface area contributed by atoms with Gasteiger partial charge < -0.3 is 20.5 Å². The van der Waals surface area contributed by atoms with Crippen LogP contribution in [0.3, 0.4) is 0 Å². The highest BCUT2D eigenvalue weighted by Gasteiger charge is 2.31. The number of aliphatic hydroxyl groups is 1. The third kappa shape index (κ3) is 6.45. The van der Waals surface area contributed by atoms with Crippen LogP contribution in [0.15, 0.2) is 4.99 Å². The van der Waals surface area contributed by atoms with Gasteiger partial charge in [-0.15, -0.1) is 0 Å². The Morgan fingerprint density at radius 1 is 1.43 bits per heavy atom. The van der Waals surface area contributed by atoms with Crippen molar-refractivity contribution in [1.82, 2.24) is 10.6 Å². The van der Waals surface area contributed by atoms with E-state index in [9.17, 15) is 5.11 Å². The summed E-state index contributed by atoms with van der Waals surface area (Å²) in [6.45, 7) is 10.4. The highest BCUT2D eigenvalue weighted by atomic mass is 32.2. The van der Waals surface area contributed by atoms with E-state index < -0.39 is 5.60 Å². The molecule has 0 aromatic rings. The van der Waals surface area contributed by atoms with Gasteiger partial charge in [-0.3, -0.25) is 4.99 Å². The Bertz CT molecular complexity index is 336. The SMILES string of the molecule is CCNC(=NCC1(O)CCSC1)NCC(OC)C(C)(C)C. The number of hydrogen-bond donors (Lipinski definition) is 3. The van der Waals surface area contributed by atoms with Crippen LogP contribution in [-0.4, -0.2) is 61.0 Å². The van der Waals surface area contributed by atoms with Crippen molar-refractivity contribution >= 4 is 17.7 Å². The molecule has 0 radical (unpaired) electrons. The molecule has 0 amide bonds. The van der Waals surface area contributed by atoms with E-state index in [0.717, 1.165) is 30.4 Å². The van der Waals surface area contributed by atoms with Gasteiger partial charge in [-0.1, -0.05) is 20.8 Å². The van der Waals surface area contributed by atoms with Crippen molar-refractivity contribution in [2.45, 2.75) is 45.8 Å². The Hall–Kier alpha value is -0.460. The Morgan fingerprint density at radius 2 is 2.14 bits per heavy atom. The zero-order valence-electron chi connectivity index (χ0n) is 14.0. The van der Waals surface area contributed by atoms with Gasteiger partial charge in [0.05, 0.1) is 18.2 Å². The van der Waals surface area contributed by atoms with Crippen LogP contribution < -0.4 is 10.6 Å². The van der Waals surface area contributed by atoms with Crippen molar-refractivity contribution in [3.63, 3.8) is 0 Å². The second-order valence-electron chi connectivity index (χ2n) is 6.69. The van der Waals surface area contributed by atoms with Crippen molar-refractivity contribution in [3.05, 3.63) is 0 Å². The zero-order chi connectivity index (χ0) is 15.9. The molecular formula is C15H31N3O2S. The van der Waals surface area contributed by atoms with Crippen molar-refractivity contribution in [2.75, 3.05) is 38.2 Å². The minimum absolute atomic E-state index is 0.0688. The number of nitrogens with one attached hydrogen (secondary N) is 2. The average Bonchev–Trinajstić information content (AvgIpc) is 2.82. The van der Waals surface area contributed by atoms with E-state index in [1.165, 1.54) is 0 Å². The second kappa shape index (κ2) is 8.25. The van der Waals surface area contributed by atoms with E-state index in [0.29, 0.717) is 13.1 Å². The minimum Gasteiger partial charge on any atom is -0.387 e. The molecule has 21 heavy (non-hydrogen) atoms. The molecule has 1 saturated heterocycles. The molecule has 1 aliphatic rings. The lowest BCUT2D eigenvalue weighted by molar-refractivity contribution is 0.0204. The second-order valence-corrected chi connectivity index (χ2v) is 7.80. The number of aliphatic imine (C=N–C) groups is 1. The van der Waals surface area contributed by atoms with Crippen LogP contribution in [0.1, 0.15) is 34.1 Å². The van der Waals surface area contributed by atoms with Crippen LogP contribution >= 0.6 is 11.8 Å².